The minimum absolute atomic E-state index is 0.706. The van der Waals surface area contributed by atoms with Crippen molar-refractivity contribution in [3.8, 4) is 34.0 Å². The fraction of sp³-hybridized carbons (Fsp3) is 0. The van der Waals surface area contributed by atoms with Crippen molar-refractivity contribution in [1.29, 1.82) is 0 Å². The first-order valence-electron chi connectivity index (χ1n) is 20.5. The highest BCUT2D eigenvalue weighted by Gasteiger charge is 2.21. The molecule has 0 radical (unpaired) electrons. The Morgan fingerprint density at radius 1 is 0.333 bits per heavy atom. The molecular weight excluding hydrogens is 729 g/mol. The summed E-state index contributed by atoms with van der Waals surface area (Å²) in [6.07, 6.45) is 0. The number of hydrogen-bond donors (Lipinski definition) is 0. The number of aromatic nitrogens is 4. The van der Waals surface area contributed by atoms with Gasteiger partial charge in [0, 0.05) is 49.1 Å². The first kappa shape index (κ1) is 32.9. The fourth-order valence-corrected chi connectivity index (χ4v) is 9.80. The first-order valence-corrected chi connectivity index (χ1v) is 20.5. The van der Waals surface area contributed by atoms with Gasteiger partial charge in [-0.1, -0.05) is 140 Å². The molecular formula is C56H34N4. The Kier molecular flexibility index (Phi) is 6.98. The average Bonchev–Trinajstić information content (AvgIpc) is 3.82. The van der Waals surface area contributed by atoms with Gasteiger partial charge in [-0.05, 0) is 93.7 Å². The van der Waals surface area contributed by atoms with Crippen molar-refractivity contribution < 1.29 is 0 Å². The van der Waals surface area contributed by atoms with Crippen LogP contribution in [0.2, 0.25) is 0 Å². The molecule has 0 saturated heterocycles. The summed E-state index contributed by atoms with van der Waals surface area (Å²) in [6.45, 7) is 0. The number of rotatable bonds is 4. The van der Waals surface area contributed by atoms with Gasteiger partial charge in [0.25, 0.3) is 0 Å². The molecule has 3 heterocycles. The van der Waals surface area contributed by atoms with E-state index in [1.807, 2.05) is 0 Å². The van der Waals surface area contributed by atoms with E-state index in [0.717, 1.165) is 55.4 Å². The van der Waals surface area contributed by atoms with Crippen LogP contribution in [0.3, 0.4) is 0 Å². The highest BCUT2D eigenvalue weighted by atomic mass is 15.0. The fourth-order valence-electron chi connectivity index (χ4n) is 9.80. The van der Waals surface area contributed by atoms with Gasteiger partial charge in [0.2, 0.25) is 0 Å². The zero-order chi connectivity index (χ0) is 39.3. The molecule has 0 spiro atoms. The highest BCUT2D eigenvalue weighted by Crippen LogP contribution is 2.42. The van der Waals surface area contributed by atoms with E-state index in [4.69, 9.17) is 9.97 Å². The molecule has 0 saturated carbocycles. The lowest BCUT2D eigenvalue weighted by molar-refractivity contribution is 1.18. The minimum Gasteiger partial charge on any atom is -0.309 e. The van der Waals surface area contributed by atoms with Crippen LogP contribution in [0.15, 0.2) is 206 Å². The number of nitrogens with zero attached hydrogens (tertiary/aromatic N) is 4. The van der Waals surface area contributed by atoms with Crippen molar-refractivity contribution in [3.63, 3.8) is 0 Å². The van der Waals surface area contributed by atoms with Crippen LogP contribution in [-0.4, -0.2) is 19.1 Å². The number of para-hydroxylation sites is 3. The largest absolute Gasteiger partial charge is 0.309 e. The van der Waals surface area contributed by atoms with Crippen molar-refractivity contribution in [2.75, 3.05) is 0 Å². The van der Waals surface area contributed by atoms with Crippen LogP contribution in [0.25, 0.3) is 121 Å². The third kappa shape index (κ3) is 4.79. The molecule has 0 aliphatic carbocycles. The van der Waals surface area contributed by atoms with Crippen molar-refractivity contribution >= 4 is 86.8 Å². The van der Waals surface area contributed by atoms with Crippen molar-refractivity contribution in [2.45, 2.75) is 0 Å². The molecule has 13 aromatic rings. The second-order valence-electron chi connectivity index (χ2n) is 15.7. The lowest BCUT2D eigenvalue weighted by Gasteiger charge is -2.16. The molecule has 0 unspecified atom stereocenters. The molecule has 278 valence electrons. The number of hydrogen-bond acceptors (Lipinski definition) is 2. The molecule has 4 nitrogen and oxygen atoms in total. The molecule has 0 fully saturated rings. The molecule has 60 heavy (non-hydrogen) atoms. The first-order chi connectivity index (χ1) is 29.8. The Labute approximate surface area is 344 Å². The zero-order valence-corrected chi connectivity index (χ0v) is 32.4. The van der Waals surface area contributed by atoms with Crippen LogP contribution in [0, 0.1) is 0 Å². The summed E-state index contributed by atoms with van der Waals surface area (Å²) in [5, 5.41) is 13.2. The van der Waals surface area contributed by atoms with Gasteiger partial charge >= 0.3 is 0 Å². The maximum Gasteiger partial charge on any atom is 0.161 e. The van der Waals surface area contributed by atoms with E-state index in [1.54, 1.807) is 0 Å². The van der Waals surface area contributed by atoms with Crippen molar-refractivity contribution in [3.05, 3.63) is 206 Å². The molecule has 13 rings (SSSR count). The van der Waals surface area contributed by atoms with Gasteiger partial charge in [-0.3, -0.25) is 0 Å². The average molecular weight is 763 g/mol. The predicted octanol–water partition coefficient (Wildman–Crippen LogP) is 14.6. The van der Waals surface area contributed by atoms with Crippen molar-refractivity contribution in [2.24, 2.45) is 0 Å². The second kappa shape index (κ2) is 12.7. The third-order valence-corrected chi connectivity index (χ3v) is 12.5. The Balaban J connectivity index is 1.04. The van der Waals surface area contributed by atoms with Crippen LogP contribution < -0.4 is 0 Å². The maximum absolute atomic E-state index is 5.48. The summed E-state index contributed by atoms with van der Waals surface area (Å²) in [6, 6.07) is 74.4. The van der Waals surface area contributed by atoms with Crippen LogP contribution in [0.5, 0.6) is 0 Å². The quantitative estimate of drug-likeness (QED) is 0.179. The van der Waals surface area contributed by atoms with Gasteiger partial charge in [0.1, 0.15) is 0 Å². The van der Waals surface area contributed by atoms with Crippen LogP contribution in [-0.2, 0) is 0 Å². The van der Waals surface area contributed by atoms with E-state index in [9.17, 15) is 0 Å². The van der Waals surface area contributed by atoms with Gasteiger partial charge in [-0.2, -0.15) is 0 Å². The summed E-state index contributed by atoms with van der Waals surface area (Å²) >= 11 is 0. The lowest BCUT2D eigenvalue weighted by Crippen LogP contribution is -1.99. The maximum atomic E-state index is 5.48. The zero-order valence-electron chi connectivity index (χ0n) is 32.4. The van der Waals surface area contributed by atoms with Gasteiger partial charge in [-0.25, -0.2) is 9.97 Å². The summed E-state index contributed by atoms with van der Waals surface area (Å²) < 4.78 is 4.82. The summed E-state index contributed by atoms with van der Waals surface area (Å²) in [7, 11) is 0. The molecule has 0 aliphatic rings. The molecule has 10 aromatic carbocycles. The molecule has 0 N–H and O–H groups in total. The molecule has 3 aromatic heterocycles. The Bertz CT molecular complexity index is 3890. The van der Waals surface area contributed by atoms with Crippen LogP contribution in [0.1, 0.15) is 0 Å². The molecule has 0 aliphatic heterocycles. The van der Waals surface area contributed by atoms with E-state index >= 15 is 0 Å². The monoisotopic (exact) mass is 762 g/mol. The minimum atomic E-state index is 0.706. The van der Waals surface area contributed by atoms with E-state index < -0.39 is 0 Å². The number of fused-ring (bicyclic) bond motifs is 11. The van der Waals surface area contributed by atoms with Gasteiger partial charge in [-0.15, -0.1) is 0 Å². The van der Waals surface area contributed by atoms with E-state index in [-0.39, 0.29) is 0 Å². The molecule has 4 heteroatoms. The SMILES string of the molecule is c1ccc(-n2c3ccccc3c3cc(-c4nc(-c5ccc(-n6c7cc8ccccc8cc7c7c8ccccc8ccc76)c6ccccc56)nc5ccccc45)ccc32)cc1. The normalized spacial score (nSPS) is 12.0. The summed E-state index contributed by atoms with van der Waals surface area (Å²) in [4.78, 5) is 10.8. The van der Waals surface area contributed by atoms with E-state index in [1.165, 1.54) is 59.6 Å². The summed E-state index contributed by atoms with van der Waals surface area (Å²) in [5.74, 6) is 0.706. The van der Waals surface area contributed by atoms with Gasteiger partial charge < -0.3 is 9.13 Å². The van der Waals surface area contributed by atoms with Crippen LogP contribution >= 0.6 is 0 Å². The molecule has 0 atom stereocenters. The highest BCUT2D eigenvalue weighted by molar-refractivity contribution is 6.24. The second-order valence-corrected chi connectivity index (χ2v) is 15.7. The van der Waals surface area contributed by atoms with Gasteiger partial charge in [0.05, 0.1) is 39.0 Å². The predicted molar refractivity (Wildman–Crippen MR) is 252 cm³/mol. The molecule has 0 bridgehead atoms. The molecule has 0 amide bonds. The Morgan fingerprint density at radius 3 is 1.83 bits per heavy atom. The Morgan fingerprint density at radius 2 is 0.983 bits per heavy atom. The standard InChI is InChI=1S/C56H34N4/c1-2-17-39(18-3-1)59-49-25-13-11-22-43(49)46-33-38(27-29-51(46)59)55-45-23-10-12-24-48(45)57-56(58-55)44-28-31-50(42-21-9-8-20-41(42)44)60-52-30-26-35-14-6-7-19-40(35)54(52)47-32-36-15-4-5-16-37(36)34-53(47)60/h1-34H. The van der Waals surface area contributed by atoms with E-state index in [2.05, 4.69) is 215 Å². The summed E-state index contributed by atoms with van der Waals surface area (Å²) in [5.41, 5.74) is 10.9. The Hall–Kier alpha value is -8.08. The number of benzene rings is 10. The van der Waals surface area contributed by atoms with Crippen molar-refractivity contribution in [1.82, 2.24) is 19.1 Å². The van der Waals surface area contributed by atoms with E-state index in [0.29, 0.717) is 5.82 Å². The topological polar surface area (TPSA) is 35.6 Å². The third-order valence-electron chi connectivity index (χ3n) is 12.5. The lowest BCUT2D eigenvalue weighted by atomic mass is 10.00. The van der Waals surface area contributed by atoms with Crippen LogP contribution in [0.4, 0.5) is 0 Å². The van der Waals surface area contributed by atoms with Gasteiger partial charge in [0.15, 0.2) is 5.82 Å². The smallest absolute Gasteiger partial charge is 0.161 e.